The Morgan fingerprint density at radius 2 is 1.59 bits per heavy atom. The van der Waals surface area contributed by atoms with Gasteiger partial charge in [-0.05, 0) is 50.1 Å². The number of ether oxygens (including phenoxy) is 1. The van der Waals surface area contributed by atoms with Crippen molar-refractivity contribution in [3.05, 3.63) is 59.9 Å². The van der Waals surface area contributed by atoms with E-state index in [0.29, 0.717) is 24.4 Å². The van der Waals surface area contributed by atoms with Gasteiger partial charge >= 0.3 is 12.4 Å². The molecule has 11 heteroatoms. The van der Waals surface area contributed by atoms with Crippen molar-refractivity contribution in [2.45, 2.75) is 63.1 Å². The van der Waals surface area contributed by atoms with Crippen molar-refractivity contribution in [3.8, 4) is 11.5 Å². The molecule has 2 aliphatic rings. The largest absolute Gasteiger partial charge is 0.486 e. The molecule has 3 heterocycles. The first-order valence-corrected chi connectivity index (χ1v) is 10.7. The number of aromatic nitrogens is 1. The Morgan fingerprint density at radius 3 is 2.12 bits per heavy atom. The molecule has 0 spiro atoms. The first-order chi connectivity index (χ1) is 15.9. The zero-order chi connectivity index (χ0) is 24.7. The number of piperidine rings is 1. The molecule has 1 aromatic heterocycles. The van der Waals surface area contributed by atoms with E-state index in [1.807, 2.05) is 4.90 Å². The zero-order valence-electron chi connectivity index (χ0n) is 18.2. The summed E-state index contributed by atoms with van der Waals surface area (Å²) in [6, 6.07) is 5.41. The first kappa shape index (κ1) is 24.0. The topological polar surface area (TPSA) is 46.6 Å². The summed E-state index contributed by atoms with van der Waals surface area (Å²) < 4.78 is 84.1. The molecule has 0 saturated carbocycles. The van der Waals surface area contributed by atoms with Crippen LogP contribution in [-0.4, -0.2) is 23.2 Å². The van der Waals surface area contributed by atoms with Gasteiger partial charge in [-0.1, -0.05) is 6.58 Å². The lowest BCUT2D eigenvalue weighted by Gasteiger charge is -2.39. The van der Waals surface area contributed by atoms with E-state index >= 15 is 0 Å². The van der Waals surface area contributed by atoms with Gasteiger partial charge in [0.15, 0.2) is 11.5 Å². The van der Waals surface area contributed by atoms with Crippen LogP contribution >= 0.6 is 0 Å². The number of alkyl halides is 6. The second kappa shape index (κ2) is 8.92. The predicted octanol–water partition coefficient (Wildman–Crippen LogP) is 6.12. The van der Waals surface area contributed by atoms with Crippen LogP contribution in [0.4, 0.5) is 32.2 Å². The van der Waals surface area contributed by atoms with Gasteiger partial charge in [0.2, 0.25) is 0 Å². The van der Waals surface area contributed by atoms with Gasteiger partial charge in [0.05, 0.1) is 11.1 Å². The van der Waals surface area contributed by atoms with Crippen LogP contribution in [0.2, 0.25) is 0 Å². The third kappa shape index (κ3) is 5.18. The number of fused-ring (bicyclic) bond motifs is 2. The average molecular weight is 487 g/mol. The van der Waals surface area contributed by atoms with E-state index in [4.69, 9.17) is 9.57 Å². The quantitative estimate of drug-likeness (QED) is 0.393. The molecule has 0 aliphatic carbocycles. The summed E-state index contributed by atoms with van der Waals surface area (Å²) in [7, 11) is 0. The molecule has 2 fully saturated rings. The molecule has 2 aliphatic heterocycles. The Morgan fingerprint density at radius 1 is 0.971 bits per heavy atom. The number of halogens is 6. The van der Waals surface area contributed by atoms with Gasteiger partial charge in [-0.15, -0.1) is 0 Å². The minimum absolute atomic E-state index is 0.000322. The first-order valence-electron chi connectivity index (χ1n) is 10.7. The van der Waals surface area contributed by atoms with Crippen molar-refractivity contribution in [2.24, 2.45) is 0 Å². The summed E-state index contributed by atoms with van der Waals surface area (Å²) >= 11 is 0. The Kier molecular flexibility index (Phi) is 6.30. The number of benzene rings is 1. The molecule has 2 unspecified atom stereocenters. The monoisotopic (exact) mass is 487 g/mol. The Hall–Kier alpha value is -3.11. The Labute approximate surface area is 192 Å². The van der Waals surface area contributed by atoms with Crippen molar-refractivity contribution >= 4 is 5.82 Å². The fourth-order valence-corrected chi connectivity index (χ4v) is 4.49. The molecule has 34 heavy (non-hydrogen) atoms. The van der Waals surface area contributed by atoms with E-state index in [9.17, 15) is 26.3 Å². The highest BCUT2D eigenvalue weighted by molar-refractivity contribution is 5.46. The molecule has 4 rings (SSSR count). The van der Waals surface area contributed by atoms with E-state index < -0.39 is 23.5 Å². The smallest absolute Gasteiger partial charge is 0.417 e. The lowest BCUT2D eigenvalue weighted by molar-refractivity contribution is -0.138. The maximum absolute atomic E-state index is 13.2. The molecule has 2 saturated heterocycles. The summed E-state index contributed by atoms with van der Waals surface area (Å²) in [5, 5.41) is 0. The maximum Gasteiger partial charge on any atom is 0.417 e. The van der Waals surface area contributed by atoms with Crippen molar-refractivity contribution in [1.82, 2.24) is 10.5 Å². The van der Waals surface area contributed by atoms with E-state index in [1.54, 1.807) is 6.92 Å². The van der Waals surface area contributed by atoms with Crippen LogP contribution in [0.1, 0.15) is 43.7 Å². The van der Waals surface area contributed by atoms with Gasteiger partial charge in [0, 0.05) is 36.8 Å². The fourth-order valence-electron chi connectivity index (χ4n) is 4.49. The SMILES string of the molecule is C=C(C)NOc1cc(C(F)(F)F)ccc1OC1CC2CCC(C1)N2c1ccc(C(F)(F)F)cn1. The van der Waals surface area contributed by atoms with Crippen LogP contribution in [0.5, 0.6) is 11.5 Å². The van der Waals surface area contributed by atoms with Gasteiger partial charge in [-0.25, -0.2) is 10.5 Å². The second-order valence-corrected chi connectivity index (χ2v) is 8.55. The number of rotatable bonds is 6. The Balaban J connectivity index is 1.49. The molecule has 1 N–H and O–H groups in total. The van der Waals surface area contributed by atoms with Crippen LogP contribution in [0.15, 0.2) is 48.8 Å². The summed E-state index contributed by atoms with van der Waals surface area (Å²) in [6.45, 7) is 5.19. The van der Waals surface area contributed by atoms with Gasteiger partial charge in [-0.3, -0.25) is 0 Å². The van der Waals surface area contributed by atoms with Gasteiger partial charge in [0.25, 0.3) is 0 Å². The molecule has 5 nitrogen and oxygen atoms in total. The average Bonchev–Trinajstić information content (AvgIpc) is 3.02. The van der Waals surface area contributed by atoms with Crippen LogP contribution < -0.4 is 20.0 Å². The number of anilines is 1. The number of pyridine rings is 1. The fraction of sp³-hybridized carbons (Fsp3) is 0.435. The standard InChI is InChI=1S/C23H23F6N3O2/c1-13(2)31-34-20-9-14(22(24,25)26)3-7-19(20)33-18-10-16-5-6-17(11-18)32(16)21-8-4-15(12-30-21)23(27,28)29/h3-4,7-9,12,16-18,31H,1,5-6,10-11H2,2H3. The van der Waals surface area contributed by atoms with Crippen LogP contribution in [-0.2, 0) is 12.4 Å². The minimum atomic E-state index is -4.54. The van der Waals surface area contributed by atoms with Gasteiger partial charge < -0.3 is 14.5 Å². The third-order valence-corrected chi connectivity index (χ3v) is 5.93. The molecule has 0 amide bonds. The van der Waals surface area contributed by atoms with Crippen LogP contribution in [0.25, 0.3) is 0 Å². The Bertz CT molecular complexity index is 1020. The molecule has 0 radical (unpaired) electrons. The van der Waals surface area contributed by atoms with Crippen molar-refractivity contribution in [1.29, 1.82) is 0 Å². The van der Waals surface area contributed by atoms with Crippen LogP contribution in [0, 0.1) is 0 Å². The van der Waals surface area contributed by atoms with E-state index in [-0.39, 0.29) is 29.7 Å². The molecule has 184 valence electrons. The van der Waals surface area contributed by atoms with Crippen molar-refractivity contribution in [2.75, 3.05) is 4.90 Å². The lowest BCUT2D eigenvalue weighted by atomic mass is 9.99. The number of hydrogen-bond donors (Lipinski definition) is 1. The highest BCUT2D eigenvalue weighted by atomic mass is 19.4. The summed E-state index contributed by atoms with van der Waals surface area (Å²) in [5.41, 5.74) is 1.18. The highest BCUT2D eigenvalue weighted by Crippen LogP contribution is 2.42. The molecular formula is C23H23F6N3O2. The molecular weight excluding hydrogens is 464 g/mol. The number of hydrogen-bond acceptors (Lipinski definition) is 5. The number of nitrogens with one attached hydrogen (secondary N) is 1. The number of nitrogens with zero attached hydrogens (tertiary/aromatic N) is 2. The summed E-state index contributed by atoms with van der Waals surface area (Å²) in [6.07, 6.45) is -5.72. The van der Waals surface area contributed by atoms with Crippen molar-refractivity contribution < 1.29 is 35.9 Å². The molecule has 2 bridgehead atoms. The summed E-state index contributed by atoms with van der Waals surface area (Å²) in [5.74, 6) is 0.521. The zero-order valence-corrected chi connectivity index (χ0v) is 18.2. The van der Waals surface area contributed by atoms with E-state index in [0.717, 1.165) is 37.2 Å². The van der Waals surface area contributed by atoms with Gasteiger partial charge in [-0.2, -0.15) is 26.3 Å². The lowest BCUT2D eigenvalue weighted by Crippen LogP contribution is -2.46. The maximum atomic E-state index is 13.2. The van der Waals surface area contributed by atoms with Gasteiger partial charge in [0.1, 0.15) is 11.9 Å². The predicted molar refractivity (Wildman–Crippen MR) is 112 cm³/mol. The number of hydroxylamine groups is 1. The minimum Gasteiger partial charge on any atom is -0.486 e. The molecule has 2 aromatic rings. The second-order valence-electron chi connectivity index (χ2n) is 8.55. The summed E-state index contributed by atoms with van der Waals surface area (Å²) in [4.78, 5) is 11.3. The van der Waals surface area contributed by atoms with Crippen molar-refractivity contribution in [3.63, 3.8) is 0 Å². The third-order valence-electron chi connectivity index (χ3n) is 5.93. The van der Waals surface area contributed by atoms with E-state index in [2.05, 4.69) is 17.0 Å². The van der Waals surface area contributed by atoms with E-state index in [1.165, 1.54) is 12.1 Å². The molecule has 1 aromatic carbocycles. The molecule has 2 atom stereocenters. The van der Waals surface area contributed by atoms with Crippen LogP contribution in [0.3, 0.4) is 0 Å². The highest BCUT2D eigenvalue weighted by Gasteiger charge is 2.43. The normalized spacial score (nSPS) is 22.4. The number of allylic oxidation sites excluding steroid dienone is 1.